The van der Waals surface area contributed by atoms with Gasteiger partial charge in [-0.05, 0) is 55.0 Å². The number of nitrogens with zero attached hydrogens (tertiary/aromatic N) is 2. The lowest BCUT2D eigenvalue weighted by molar-refractivity contribution is 0.102. The normalized spacial score (nSPS) is 11.6. The fourth-order valence-corrected chi connectivity index (χ4v) is 3.70. The zero-order valence-corrected chi connectivity index (χ0v) is 16.3. The molecule has 0 aliphatic rings. The fourth-order valence-electron chi connectivity index (χ4n) is 2.56. The maximum atomic E-state index is 13.0. The molecule has 3 rings (SSSR count). The van der Waals surface area contributed by atoms with Crippen LogP contribution in [0.25, 0.3) is 11.3 Å². The molecule has 1 amide bonds. The van der Waals surface area contributed by atoms with Crippen molar-refractivity contribution in [3.05, 3.63) is 65.6 Å². The molecule has 0 unspecified atom stereocenters. The third-order valence-corrected chi connectivity index (χ3v) is 6.12. The van der Waals surface area contributed by atoms with Gasteiger partial charge in [0.25, 0.3) is 5.91 Å². The molecule has 0 bridgehead atoms. The largest absolute Gasteiger partial charge is 0.321 e. The van der Waals surface area contributed by atoms with Gasteiger partial charge in [-0.3, -0.25) is 9.89 Å². The van der Waals surface area contributed by atoms with Gasteiger partial charge in [-0.15, -0.1) is 0 Å². The summed E-state index contributed by atoms with van der Waals surface area (Å²) in [6.45, 7) is 1.69. The molecule has 7 nitrogen and oxygen atoms in total. The van der Waals surface area contributed by atoms with Gasteiger partial charge in [0.2, 0.25) is 10.0 Å². The van der Waals surface area contributed by atoms with Crippen molar-refractivity contribution in [2.24, 2.45) is 0 Å². The van der Waals surface area contributed by atoms with Gasteiger partial charge in [-0.25, -0.2) is 17.1 Å². The number of sulfonamides is 1. The zero-order chi connectivity index (χ0) is 20.5. The van der Waals surface area contributed by atoms with Crippen LogP contribution in [-0.2, 0) is 10.0 Å². The molecule has 0 fully saturated rings. The summed E-state index contributed by atoms with van der Waals surface area (Å²) in [5.74, 6) is -0.835. The van der Waals surface area contributed by atoms with Gasteiger partial charge in [0.1, 0.15) is 11.5 Å². The number of aromatic amines is 1. The summed E-state index contributed by atoms with van der Waals surface area (Å²) in [5.41, 5.74) is 2.26. The number of H-pyrrole nitrogens is 1. The highest BCUT2D eigenvalue weighted by molar-refractivity contribution is 7.89. The number of hydrogen-bond donors (Lipinski definition) is 2. The Balaban J connectivity index is 1.83. The van der Waals surface area contributed by atoms with Crippen LogP contribution in [0.4, 0.5) is 10.1 Å². The quantitative estimate of drug-likeness (QED) is 0.686. The Kier molecular flexibility index (Phi) is 5.30. The van der Waals surface area contributed by atoms with Crippen molar-refractivity contribution >= 4 is 21.6 Å². The summed E-state index contributed by atoms with van der Waals surface area (Å²) < 4.78 is 39.0. The number of carbonyl (C=O) groups is 1. The third kappa shape index (κ3) is 3.95. The molecule has 146 valence electrons. The van der Waals surface area contributed by atoms with Gasteiger partial charge in [-0.1, -0.05) is 6.07 Å². The zero-order valence-electron chi connectivity index (χ0n) is 15.5. The van der Waals surface area contributed by atoms with E-state index in [-0.39, 0.29) is 16.4 Å². The number of benzene rings is 2. The van der Waals surface area contributed by atoms with Crippen LogP contribution >= 0.6 is 0 Å². The van der Waals surface area contributed by atoms with E-state index in [1.54, 1.807) is 31.2 Å². The van der Waals surface area contributed by atoms with Crippen molar-refractivity contribution in [1.82, 2.24) is 14.5 Å². The molecular weight excluding hydrogens is 383 g/mol. The maximum Gasteiger partial charge on any atom is 0.273 e. The van der Waals surface area contributed by atoms with E-state index < -0.39 is 15.9 Å². The van der Waals surface area contributed by atoms with E-state index >= 15 is 0 Å². The number of aryl methyl sites for hydroxylation is 1. The van der Waals surface area contributed by atoms with Crippen LogP contribution in [0.15, 0.2) is 53.4 Å². The van der Waals surface area contributed by atoms with E-state index in [0.29, 0.717) is 22.5 Å². The van der Waals surface area contributed by atoms with Crippen molar-refractivity contribution in [3.63, 3.8) is 0 Å². The lowest BCUT2D eigenvalue weighted by atomic mass is 10.1. The van der Waals surface area contributed by atoms with Gasteiger partial charge in [0.15, 0.2) is 0 Å². The molecule has 1 aromatic heterocycles. The first-order valence-electron chi connectivity index (χ1n) is 8.34. The Labute approximate surface area is 162 Å². The average molecular weight is 402 g/mol. The van der Waals surface area contributed by atoms with Gasteiger partial charge in [0, 0.05) is 25.3 Å². The standard InChI is InChI=1S/C19H19FN4O3S/c1-12-4-9-15(10-18(12)28(26,27)24(2)3)21-19(25)17-11-16(22-23-17)13-5-7-14(20)8-6-13/h4-11H,1-3H3,(H,21,25)(H,22,23). The molecule has 2 N–H and O–H groups in total. The first-order valence-corrected chi connectivity index (χ1v) is 9.78. The van der Waals surface area contributed by atoms with Gasteiger partial charge in [0.05, 0.1) is 10.6 Å². The van der Waals surface area contributed by atoms with Crippen molar-refractivity contribution in [2.75, 3.05) is 19.4 Å². The second kappa shape index (κ2) is 7.53. The van der Waals surface area contributed by atoms with Crippen molar-refractivity contribution in [2.45, 2.75) is 11.8 Å². The van der Waals surface area contributed by atoms with Crippen molar-refractivity contribution in [1.29, 1.82) is 0 Å². The fraction of sp³-hybridized carbons (Fsp3) is 0.158. The number of halogens is 1. The SMILES string of the molecule is Cc1ccc(NC(=O)c2cc(-c3ccc(F)cc3)n[nH]2)cc1S(=O)(=O)N(C)C. The highest BCUT2D eigenvalue weighted by Gasteiger charge is 2.21. The summed E-state index contributed by atoms with van der Waals surface area (Å²) >= 11 is 0. The minimum atomic E-state index is -3.63. The Morgan fingerprint density at radius 2 is 1.79 bits per heavy atom. The Morgan fingerprint density at radius 1 is 1.11 bits per heavy atom. The molecule has 0 saturated heterocycles. The third-order valence-electron chi connectivity index (χ3n) is 4.17. The number of amides is 1. The summed E-state index contributed by atoms with van der Waals surface area (Å²) in [5, 5.41) is 9.35. The highest BCUT2D eigenvalue weighted by Crippen LogP contribution is 2.23. The minimum absolute atomic E-state index is 0.118. The maximum absolute atomic E-state index is 13.0. The van der Waals surface area contributed by atoms with Crippen LogP contribution in [-0.4, -0.2) is 42.9 Å². The topological polar surface area (TPSA) is 95.2 Å². The van der Waals surface area contributed by atoms with Crippen LogP contribution in [0.1, 0.15) is 16.1 Å². The number of hydrogen-bond acceptors (Lipinski definition) is 4. The lowest BCUT2D eigenvalue weighted by Gasteiger charge is -2.15. The van der Waals surface area contributed by atoms with Crippen molar-refractivity contribution in [3.8, 4) is 11.3 Å². The second-order valence-electron chi connectivity index (χ2n) is 6.40. The van der Waals surface area contributed by atoms with E-state index in [1.807, 2.05) is 0 Å². The first-order chi connectivity index (χ1) is 13.2. The average Bonchev–Trinajstić information content (AvgIpc) is 3.14. The van der Waals surface area contributed by atoms with Crippen LogP contribution in [0.5, 0.6) is 0 Å². The molecule has 28 heavy (non-hydrogen) atoms. The number of rotatable bonds is 5. The summed E-state index contributed by atoms with van der Waals surface area (Å²) in [4.78, 5) is 12.6. The van der Waals surface area contributed by atoms with Crippen LogP contribution in [0.2, 0.25) is 0 Å². The summed E-state index contributed by atoms with van der Waals surface area (Å²) in [6, 6.07) is 11.9. The molecule has 0 atom stereocenters. The highest BCUT2D eigenvalue weighted by atomic mass is 32.2. The lowest BCUT2D eigenvalue weighted by Crippen LogP contribution is -2.23. The first kappa shape index (κ1) is 19.7. The van der Waals surface area contributed by atoms with E-state index in [0.717, 1.165) is 4.31 Å². The monoisotopic (exact) mass is 402 g/mol. The number of nitrogens with one attached hydrogen (secondary N) is 2. The Bertz CT molecular complexity index is 1120. The molecular formula is C19H19FN4O3S. The van der Waals surface area contributed by atoms with Crippen LogP contribution in [0.3, 0.4) is 0 Å². The Morgan fingerprint density at radius 3 is 2.43 bits per heavy atom. The van der Waals surface area contributed by atoms with E-state index in [9.17, 15) is 17.6 Å². The molecule has 9 heteroatoms. The number of aromatic nitrogens is 2. The predicted octanol–water partition coefficient (Wildman–Crippen LogP) is 3.03. The number of anilines is 1. The summed E-state index contributed by atoms with van der Waals surface area (Å²) in [6.07, 6.45) is 0. The smallest absolute Gasteiger partial charge is 0.273 e. The molecule has 0 saturated carbocycles. The van der Waals surface area contributed by atoms with Gasteiger partial charge in [-0.2, -0.15) is 5.10 Å². The molecule has 0 aliphatic heterocycles. The van der Waals surface area contributed by atoms with E-state index in [2.05, 4.69) is 15.5 Å². The van der Waals surface area contributed by atoms with E-state index in [1.165, 1.54) is 38.4 Å². The molecule has 0 radical (unpaired) electrons. The van der Waals surface area contributed by atoms with Gasteiger partial charge >= 0.3 is 0 Å². The molecule has 1 heterocycles. The molecule has 2 aromatic carbocycles. The van der Waals surface area contributed by atoms with E-state index in [4.69, 9.17) is 0 Å². The summed E-state index contributed by atoms with van der Waals surface area (Å²) in [7, 11) is -0.743. The predicted molar refractivity (Wildman–Crippen MR) is 104 cm³/mol. The van der Waals surface area contributed by atoms with Crippen LogP contribution < -0.4 is 5.32 Å². The van der Waals surface area contributed by atoms with Crippen LogP contribution in [0, 0.1) is 12.7 Å². The second-order valence-corrected chi connectivity index (χ2v) is 8.52. The Hall–Kier alpha value is -3.04. The molecule has 3 aromatic rings. The van der Waals surface area contributed by atoms with Gasteiger partial charge < -0.3 is 5.32 Å². The minimum Gasteiger partial charge on any atom is -0.321 e. The number of carbonyl (C=O) groups excluding carboxylic acids is 1. The molecule has 0 spiro atoms. The van der Waals surface area contributed by atoms with Crippen molar-refractivity contribution < 1.29 is 17.6 Å². The molecule has 0 aliphatic carbocycles.